The average molecular weight is 221 g/mol. The Kier molecular flexibility index (Phi) is 3.12. The molecule has 2 rings (SSSR count). The molecule has 1 atom stereocenters. The second kappa shape index (κ2) is 4.54. The van der Waals surface area contributed by atoms with Crippen LogP contribution in [0.4, 0.5) is 0 Å². The maximum absolute atomic E-state index is 5.57. The Morgan fingerprint density at radius 3 is 2.94 bits per heavy atom. The molecule has 0 bridgehead atoms. The van der Waals surface area contributed by atoms with Crippen LogP contribution in [-0.4, -0.2) is 39.6 Å². The number of aryl methyl sites for hydroxylation is 1. The minimum Gasteiger partial charge on any atom is -0.380 e. The van der Waals surface area contributed by atoms with Crippen molar-refractivity contribution in [2.75, 3.05) is 13.7 Å². The Morgan fingerprint density at radius 2 is 2.25 bits per heavy atom. The van der Waals surface area contributed by atoms with Gasteiger partial charge in [0, 0.05) is 20.1 Å². The zero-order valence-electron chi connectivity index (χ0n) is 9.42. The van der Waals surface area contributed by atoms with Gasteiger partial charge in [-0.15, -0.1) is 10.2 Å². The third kappa shape index (κ3) is 2.02. The maximum Gasteiger partial charge on any atom is 0.177 e. The highest BCUT2D eigenvalue weighted by molar-refractivity contribution is 5.36. The van der Waals surface area contributed by atoms with Crippen molar-refractivity contribution in [3.63, 3.8) is 0 Å². The SMILES string of the molecule is COC(CN)Cc1nnc2ccc(C)nn12. The van der Waals surface area contributed by atoms with E-state index in [2.05, 4.69) is 15.3 Å². The highest BCUT2D eigenvalue weighted by Gasteiger charge is 2.12. The number of fused-ring (bicyclic) bond motifs is 1. The molecule has 2 heterocycles. The fourth-order valence-corrected chi connectivity index (χ4v) is 1.52. The summed E-state index contributed by atoms with van der Waals surface area (Å²) in [5.74, 6) is 0.774. The van der Waals surface area contributed by atoms with Crippen LogP contribution in [-0.2, 0) is 11.2 Å². The van der Waals surface area contributed by atoms with Gasteiger partial charge in [0.05, 0.1) is 11.8 Å². The minimum atomic E-state index is -0.0466. The van der Waals surface area contributed by atoms with Crippen molar-refractivity contribution in [2.24, 2.45) is 5.73 Å². The van der Waals surface area contributed by atoms with Crippen LogP contribution in [0, 0.1) is 6.92 Å². The lowest BCUT2D eigenvalue weighted by Gasteiger charge is -2.10. The van der Waals surface area contributed by atoms with Gasteiger partial charge in [-0.3, -0.25) is 0 Å². The molecule has 2 N–H and O–H groups in total. The van der Waals surface area contributed by atoms with Gasteiger partial charge in [-0.2, -0.15) is 9.61 Å². The highest BCUT2D eigenvalue weighted by Crippen LogP contribution is 2.06. The lowest BCUT2D eigenvalue weighted by atomic mass is 10.2. The van der Waals surface area contributed by atoms with Crippen molar-refractivity contribution in [1.29, 1.82) is 0 Å². The molecule has 0 amide bonds. The molecule has 0 fully saturated rings. The molecule has 6 nitrogen and oxygen atoms in total. The summed E-state index contributed by atoms with van der Waals surface area (Å²) in [6, 6.07) is 3.80. The number of hydrogen-bond acceptors (Lipinski definition) is 5. The van der Waals surface area contributed by atoms with Crippen molar-refractivity contribution in [1.82, 2.24) is 19.8 Å². The number of rotatable bonds is 4. The quantitative estimate of drug-likeness (QED) is 0.783. The van der Waals surface area contributed by atoms with Crippen LogP contribution in [0.1, 0.15) is 11.5 Å². The van der Waals surface area contributed by atoms with Crippen molar-refractivity contribution >= 4 is 5.65 Å². The van der Waals surface area contributed by atoms with Gasteiger partial charge in [-0.1, -0.05) is 0 Å². The summed E-state index contributed by atoms with van der Waals surface area (Å²) in [5, 5.41) is 12.5. The van der Waals surface area contributed by atoms with E-state index in [1.165, 1.54) is 0 Å². The Bertz CT molecular complexity index is 477. The number of hydrogen-bond donors (Lipinski definition) is 1. The summed E-state index contributed by atoms with van der Waals surface area (Å²) >= 11 is 0. The summed E-state index contributed by atoms with van der Waals surface area (Å²) in [6.45, 7) is 2.39. The lowest BCUT2D eigenvalue weighted by Crippen LogP contribution is -2.25. The Balaban J connectivity index is 2.33. The molecule has 16 heavy (non-hydrogen) atoms. The predicted molar refractivity (Wildman–Crippen MR) is 59.1 cm³/mol. The molecule has 0 aliphatic heterocycles. The first-order chi connectivity index (χ1) is 7.74. The van der Waals surface area contributed by atoms with Gasteiger partial charge in [0.15, 0.2) is 11.5 Å². The third-order valence-electron chi connectivity index (χ3n) is 2.47. The number of ether oxygens (including phenoxy) is 1. The molecule has 0 aliphatic carbocycles. The van der Waals surface area contributed by atoms with Gasteiger partial charge < -0.3 is 10.5 Å². The van der Waals surface area contributed by atoms with E-state index in [0.29, 0.717) is 13.0 Å². The topological polar surface area (TPSA) is 78.3 Å². The number of nitrogens with zero attached hydrogens (tertiary/aromatic N) is 4. The zero-order chi connectivity index (χ0) is 11.5. The van der Waals surface area contributed by atoms with E-state index in [-0.39, 0.29) is 6.10 Å². The zero-order valence-corrected chi connectivity index (χ0v) is 9.42. The summed E-state index contributed by atoms with van der Waals surface area (Å²) in [7, 11) is 1.64. The first kappa shape index (κ1) is 11.0. The van der Waals surface area contributed by atoms with Crippen molar-refractivity contribution in [3.05, 3.63) is 23.7 Å². The monoisotopic (exact) mass is 221 g/mol. The summed E-state index contributed by atoms with van der Waals surface area (Å²) < 4.78 is 6.95. The summed E-state index contributed by atoms with van der Waals surface area (Å²) in [4.78, 5) is 0. The Morgan fingerprint density at radius 1 is 1.44 bits per heavy atom. The van der Waals surface area contributed by atoms with E-state index in [0.717, 1.165) is 17.2 Å². The number of aromatic nitrogens is 4. The molecule has 86 valence electrons. The van der Waals surface area contributed by atoms with Gasteiger partial charge in [0.1, 0.15) is 0 Å². The van der Waals surface area contributed by atoms with E-state index in [1.807, 2.05) is 19.1 Å². The normalized spacial score (nSPS) is 13.2. The average Bonchev–Trinajstić information content (AvgIpc) is 2.68. The predicted octanol–water partition coefficient (Wildman–Crippen LogP) is -0.0511. The molecule has 0 spiro atoms. The van der Waals surface area contributed by atoms with Gasteiger partial charge in [0.2, 0.25) is 0 Å². The molecular weight excluding hydrogens is 206 g/mol. The first-order valence-corrected chi connectivity index (χ1v) is 5.15. The van der Waals surface area contributed by atoms with Crippen molar-refractivity contribution < 1.29 is 4.74 Å². The molecule has 0 aliphatic rings. The second-order valence-electron chi connectivity index (χ2n) is 3.66. The van der Waals surface area contributed by atoms with Crippen LogP contribution < -0.4 is 5.73 Å². The fourth-order valence-electron chi connectivity index (χ4n) is 1.52. The smallest absolute Gasteiger partial charge is 0.177 e. The molecule has 0 saturated carbocycles. The summed E-state index contributed by atoms with van der Waals surface area (Å²) in [5.41, 5.74) is 7.24. The highest BCUT2D eigenvalue weighted by atomic mass is 16.5. The molecular formula is C10H15N5O. The lowest BCUT2D eigenvalue weighted by molar-refractivity contribution is 0.108. The van der Waals surface area contributed by atoms with Crippen LogP contribution in [0.3, 0.4) is 0 Å². The van der Waals surface area contributed by atoms with E-state index < -0.39 is 0 Å². The van der Waals surface area contributed by atoms with Gasteiger partial charge in [0.25, 0.3) is 0 Å². The number of nitrogens with two attached hydrogens (primary N) is 1. The van der Waals surface area contributed by atoms with E-state index in [1.54, 1.807) is 11.6 Å². The van der Waals surface area contributed by atoms with Gasteiger partial charge >= 0.3 is 0 Å². The van der Waals surface area contributed by atoms with E-state index >= 15 is 0 Å². The van der Waals surface area contributed by atoms with Gasteiger partial charge in [-0.25, -0.2) is 0 Å². The minimum absolute atomic E-state index is 0.0466. The molecule has 0 radical (unpaired) electrons. The molecule has 2 aromatic rings. The second-order valence-corrected chi connectivity index (χ2v) is 3.66. The van der Waals surface area contributed by atoms with Crippen molar-refractivity contribution in [3.8, 4) is 0 Å². The van der Waals surface area contributed by atoms with Crippen LogP contribution in [0.25, 0.3) is 5.65 Å². The van der Waals surface area contributed by atoms with Gasteiger partial charge in [-0.05, 0) is 19.1 Å². The Labute approximate surface area is 93.4 Å². The first-order valence-electron chi connectivity index (χ1n) is 5.15. The molecule has 6 heteroatoms. The van der Waals surface area contributed by atoms with E-state index in [9.17, 15) is 0 Å². The molecule has 0 aromatic carbocycles. The van der Waals surface area contributed by atoms with Crippen LogP contribution in [0.15, 0.2) is 12.1 Å². The molecule has 0 saturated heterocycles. The maximum atomic E-state index is 5.57. The van der Waals surface area contributed by atoms with Crippen LogP contribution >= 0.6 is 0 Å². The summed E-state index contributed by atoms with van der Waals surface area (Å²) in [6.07, 6.45) is 0.569. The standard InChI is InChI=1S/C10H15N5O/c1-7-3-4-9-12-13-10(15(9)14-7)5-8(6-11)16-2/h3-4,8H,5-6,11H2,1-2H3. The van der Waals surface area contributed by atoms with E-state index in [4.69, 9.17) is 10.5 Å². The molecule has 1 unspecified atom stereocenters. The van der Waals surface area contributed by atoms with Crippen LogP contribution in [0.2, 0.25) is 0 Å². The largest absolute Gasteiger partial charge is 0.380 e. The van der Waals surface area contributed by atoms with Crippen LogP contribution in [0.5, 0.6) is 0 Å². The fraction of sp³-hybridized carbons (Fsp3) is 0.500. The molecule has 2 aromatic heterocycles. The third-order valence-corrected chi connectivity index (χ3v) is 2.47. The van der Waals surface area contributed by atoms with Crippen molar-refractivity contribution in [2.45, 2.75) is 19.4 Å². The Hall–Kier alpha value is -1.53. The number of methoxy groups -OCH3 is 1.